The van der Waals surface area contributed by atoms with Crippen molar-refractivity contribution in [2.75, 3.05) is 12.4 Å². The predicted molar refractivity (Wildman–Crippen MR) is 61.7 cm³/mol. The fourth-order valence-electron chi connectivity index (χ4n) is 1.48. The topological polar surface area (TPSA) is 55.4 Å². The number of benzene rings is 1. The SMILES string of the molecule is COc1cccc(CC(C)=O)c1NC(C)=O. The summed E-state index contributed by atoms with van der Waals surface area (Å²) in [7, 11) is 1.53. The molecule has 0 saturated carbocycles. The maximum Gasteiger partial charge on any atom is 0.221 e. The summed E-state index contributed by atoms with van der Waals surface area (Å²) >= 11 is 0. The van der Waals surface area contributed by atoms with Crippen LogP contribution in [0.3, 0.4) is 0 Å². The van der Waals surface area contributed by atoms with E-state index < -0.39 is 0 Å². The lowest BCUT2D eigenvalue weighted by molar-refractivity contribution is -0.116. The number of hydrogen-bond donors (Lipinski definition) is 1. The lowest BCUT2D eigenvalue weighted by atomic mass is 10.1. The molecule has 0 atom stereocenters. The van der Waals surface area contributed by atoms with Gasteiger partial charge in [-0.3, -0.25) is 9.59 Å². The normalized spacial score (nSPS) is 9.69. The second-order valence-electron chi connectivity index (χ2n) is 3.55. The molecular weight excluding hydrogens is 206 g/mol. The van der Waals surface area contributed by atoms with Crippen molar-refractivity contribution in [2.24, 2.45) is 0 Å². The second kappa shape index (κ2) is 5.30. The van der Waals surface area contributed by atoms with Crippen LogP contribution in [0.1, 0.15) is 19.4 Å². The first kappa shape index (κ1) is 12.2. The van der Waals surface area contributed by atoms with Gasteiger partial charge in [0.2, 0.25) is 5.91 Å². The Balaban J connectivity index is 3.14. The highest BCUT2D eigenvalue weighted by molar-refractivity contribution is 5.93. The summed E-state index contributed by atoms with van der Waals surface area (Å²) in [5, 5.41) is 2.68. The standard InChI is InChI=1S/C12H15NO3/c1-8(14)7-10-5-4-6-11(16-3)12(10)13-9(2)15/h4-6H,7H2,1-3H3,(H,13,15). The number of carbonyl (C=O) groups excluding carboxylic acids is 2. The highest BCUT2D eigenvalue weighted by Gasteiger charge is 2.11. The van der Waals surface area contributed by atoms with Crippen LogP contribution >= 0.6 is 0 Å². The van der Waals surface area contributed by atoms with E-state index in [1.807, 2.05) is 0 Å². The molecule has 0 unspecified atom stereocenters. The molecule has 16 heavy (non-hydrogen) atoms. The minimum atomic E-state index is -0.186. The lowest BCUT2D eigenvalue weighted by Gasteiger charge is -2.13. The van der Waals surface area contributed by atoms with Crippen LogP contribution < -0.4 is 10.1 Å². The van der Waals surface area contributed by atoms with Crippen molar-refractivity contribution in [3.8, 4) is 5.75 Å². The van der Waals surface area contributed by atoms with Crippen molar-refractivity contribution in [1.29, 1.82) is 0 Å². The quantitative estimate of drug-likeness (QED) is 0.843. The van der Waals surface area contributed by atoms with E-state index in [-0.39, 0.29) is 18.1 Å². The number of rotatable bonds is 4. The van der Waals surface area contributed by atoms with E-state index in [4.69, 9.17) is 4.74 Å². The average molecular weight is 221 g/mol. The fraction of sp³-hybridized carbons (Fsp3) is 0.333. The Kier molecular flexibility index (Phi) is 4.05. The van der Waals surface area contributed by atoms with Crippen LogP contribution in [0.25, 0.3) is 0 Å². The Hall–Kier alpha value is -1.84. The summed E-state index contributed by atoms with van der Waals surface area (Å²) in [6.45, 7) is 2.93. The number of ketones is 1. The summed E-state index contributed by atoms with van der Waals surface area (Å²) < 4.78 is 5.14. The smallest absolute Gasteiger partial charge is 0.221 e. The second-order valence-corrected chi connectivity index (χ2v) is 3.55. The van der Waals surface area contributed by atoms with Crippen molar-refractivity contribution in [1.82, 2.24) is 0 Å². The van der Waals surface area contributed by atoms with Gasteiger partial charge in [0.05, 0.1) is 12.8 Å². The van der Waals surface area contributed by atoms with E-state index in [0.717, 1.165) is 5.56 Å². The number of methoxy groups -OCH3 is 1. The van der Waals surface area contributed by atoms with Crippen LogP contribution in [-0.4, -0.2) is 18.8 Å². The van der Waals surface area contributed by atoms with Crippen LogP contribution in [0.4, 0.5) is 5.69 Å². The van der Waals surface area contributed by atoms with Crippen molar-refractivity contribution in [2.45, 2.75) is 20.3 Å². The molecule has 0 radical (unpaired) electrons. The summed E-state index contributed by atoms with van der Waals surface area (Å²) in [6, 6.07) is 5.34. The van der Waals surface area contributed by atoms with Gasteiger partial charge in [0.15, 0.2) is 0 Å². The molecule has 4 nitrogen and oxygen atoms in total. The molecule has 0 saturated heterocycles. The summed E-state index contributed by atoms with van der Waals surface area (Å²) in [4.78, 5) is 22.2. The zero-order valence-corrected chi connectivity index (χ0v) is 9.66. The highest BCUT2D eigenvalue weighted by atomic mass is 16.5. The maximum absolute atomic E-state index is 11.1. The monoisotopic (exact) mass is 221 g/mol. The van der Waals surface area contributed by atoms with Crippen LogP contribution in [0.5, 0.6) is 5.75 Å². The van der Waals surface area contributed by atoms with Crippen LogP contribution in [0.15, 0.2) is 18.2 Å². The molecule has 0 bridgehead atoms. The molecule has 0 aliphatic carbocycles. The number of Topliss-reactive ketones (excluding diaryl/α,β-unsaturated/α-hetero) is 1. The van der Waals surface area contributed by atoms with Gasteiger partial charge in [0.25, 0.3) is 0 Å². The molecule has 1 aromatic rings. The Morgan fingerprint density at radius 3 is 2.50 bits per heavy atom. The fourth-order valence-corrected chi connectivity index (χ4v) is 1.48. The molecule has 1 rings (SSSR count). The number of ether oxygens (including phenoxy) is 1. The third-order valence-electron chi connectivity index (χ3n) is 2.07. The Labute approximate surface area is 94.6 Å². The van der Waals surface area contributed by atoms with Crippen molar-refractivity contribution < 1.29 is 14.3 Å². The maximum atomic E-state index is 11.1. The van der Waals surface area contributed by atoms with Gasteiger partial charge in [-0.15, -0.1) is 0 Å². The van der Waals surface area contributed by atoms with Gasteiger partial charge in [0, 0.05) is 13.3 Å². The summed E-state index contributed by atoms with van der Waals surface area (Å²) in [5.74, 6) is 0.420. The molecule has 0 heterocycles. The molecule has 0 aliphatic rings. The minimum absolute atomic E-state index is 0.0415. The zero-order valence-electron chi connectivity index (χ0n) is 9.66. The lowest BCUT2D eigenvalue weighted by Crippen LogP contribution is -2.11. The van der Waals surface area contributed by atoms with Gasteiger partial charge in [0.1, 0.15) is 11.5 Å². The van der Waals surface area contributed by atoms with E-state index >= 15 is 0 Å². The van der Waals surface area contributed by atoms with Crippen molar-refractivity contribution in [3.63, 3.8) is 0 Å². The van der Waals surface area contributed by atoms with Gasteiger partial charge in [-0.1, -0.05) is 12.1 Å². The largest absolute Gasteiger partial charge is 0.495 e. The first-order chi connectivity index (χ1) is 7.54. The third kappa shape index (κ3) is 3.08. The number of para-hydroxylation sites is 1. The van der Waals surface area contributed by atoms with E-state index in [1.54, 1.807) is 18.2 Å². The molecule has 0 fully saturated rings. The summed E-state index contributed by atoms with van der Waals surface area (Å²) in [6.07, 6.45) is 0.285. The third-order valence-corrected chi connectivity index (χ3v) is 2.07. The minimum Gasteiger partial charge on any atom is -0.495 e. The van der Waals surface area contributed by atoms with Crippen LogP contribution in [0.2, 0.25) is 0 Å². The highest BCUT2D eigenvalue weighted by Crippen LogP contribution is 2.28. The van der Waals surface area contributed by atoms with Gasteiger partial charge in [-0.25, -0.2) is 0 Å². The van der Waals surface area contributed by atoms with E-state index in [0.29, 0.717) is 11.4 Å². The summed E-state index contributed by atoms with van der Waals surface area (Å²) in [5.41, 5.74) is 1.34. The van der Waals surface area contributed by atoms with Crippen LogP contribution in [0, 0.1) is 0 Å². The van der Waals surface area contributed by atoms with E-state index in [2.05, 4.69) is 5.32 Å². The molecule has 86 valence electrons. The Bertz CT molecular complexity index is 413. The molecule has 0 spiro atoms. The van der Waals surface area contributed by atoms with E-state index in [1.165, 1.54) is 21.0 Å². The molecule has 1 N–H and O–H groups in total. The van der Waals surface area contributed by atoms with Gasteiger partial charge in [-0.2, -0.15) is 0 Å². The van der Waals surface area contributed by atoms with Crippen molar-refractivity contribution in [3.05, 3.63) is 23.8 Å². The zero-order chi connectivity index (χ0) is 12.1. The van der Waals surface area contributed by atoms with Gasteiger partial charge < -0.3 is 10.1 Å². The molecular formula is C12H15NO3. The van der Waals surface area contributed by atoms with Gasteiger partial charge >= 0.3 is 0 Å². The number of carbonyl (C=O) groups is 2. The van der Waals surface area contributed by atoms with Gasteiger partial charge in [-0.05, 0) is 18.6 Å². The average Bonchev–Trinajstić information content (AvgIpc) is 2.19. The molecule has 0 aromatic heterocycles. The molecule has 0 aliphatic heterocycles. The molecule has 4 heteroatoms. The number of anilines is 1. The predicted octanol–water partition coefficient (Wildman–Crippen LogP) is 1.79. The first-order valence-corrected chi connectivity index (χ1v) is 4.97. The Morgan fingerprint density at radius 1 is 1.31 bits per heavy atom. The number of hydrogen-bond acceptors (Lipinski definition) is 3. The first-order valence-electron chi connectivity index (χ1n) is 4.97. The Morgan fingerprint density at radius 2 is 2.00 bits per heavy atom. The van der Waals surface area contributed by atoms with Crippen LogP contribution in [-0.2, 0) is 16.0 Å². The molecule has 1 amide bonds. The van der Waals surface area contributed by atoms with E-state index in [9.17, 15) is 9.59 Å². The molecule has 1 aromatic carbocycles. The number of amides is 1. The number of nitrogens with one attached hydrogen (secondary N) is 1. The van der Waals surface area contributed by atoms with Crippen molar-refractivity contribution >= 4 is 17.4 Å².